The van der Waals surface area contributed by atoms with Crippen LogP contribution >= 0.6 is 67.8 Å². The van der Waals surface area contributed by atoms with Crippen LogP contribution in [0.3, 0.4) is 0 Å². The highest BCUT2D eigenvalue weighted by Gasteiger charge is 2.21. The Bertz CT molecular complexity index is 1490. The third-order valence-electron chi connectivity index (χ3n) is 7.30. The van der Waals surface area contributed by atoms with Gasteiger partial charge in [-0.3, -0.25) is 0 Å². The largest absolute Gasteiger partial charge is 0.456 e. The number of pyridine rings is 2. The summed E-state index contributed by atoms with van der Waals surface area (Å²) in [4.78, 5) is 35.4. The average Bonchev–Trinajstić information content (AvgIpc) is 3.15. The quantitative estimate of drug-likeness (QED) is 0.121. The van der Waals surface area contributed by atoms with E-state index < -0.39 is 11.9 Å². The molecule has 11 heteroatoms. The van der Waals surface area contributed by atoms with Gasteiger partial charge in [0.05, 0.1) is 0 Å². The van der Waals surface area contributed by atoms with E-state index in [9.17, 15) is 9.59 Å². The van der Waals surface area contributed by atoms with Crippen molar-refractivity contribution in [3.63, 3.8) is 0 Å². The van der Waals surface area contributed by atoms with Crippen molar-refractivity contribution in [3.05, 3.63) is 106 Å². The molecule has 52 heavy (non-hydrogen) atoms. The van der Waals surface area contributed by atoms with Crippen molar-refractivity contribution in [1.29, 1.82) is 0 Å². The normalized spacial score (nSPS) is 13.6. The predicted molar refractivity (Wildman–Crippen MR) is 242 cm³/mol. The van der Waals surface area contributed by atoms with Gasteiger partial charge in [-0.2, -0.15) is 0 Å². The van der Waals surface area contributed by atoms with Gasteiger partial charge in [-0.15, -0.1) is 0 Å². The van der Waals surface area contributed by atoms with Crippen LogP contribution in [0.5, 0.6) is 0 Å². The Hall–Kier alpha value is -2.05. The number of nitrogens with zero attached hydrogens (tertiary/aromatic N) is 3. The summed E-state index contributed by atoms with van der Waals surface area (Å²) < 4.78 is 11.2. The van der Waals surface area contributed by atoms with Gasteiger partial charge < -0.3 is 19.7 Å². The van der Waals surface area contributed by atoms with Gasteiger partial charge in [-0.1, -0.05) is 138 Å². The van der Waals surface area contributed by atoms with Crippen LogP contribution in [0.4, 0.5) is 0 Å². The molecule has 0 aliphatic carbocycles. The third-order valence-corrected chi connectivity index (χ3v) is 7.30. The van der Waals surface area contributed by atoms with Crippen LogP contribution in [0.2, 0.25) is 0 Å². The fraction of sp³-hybridized carbons (Fsp3) is 0.512. The first kappa shape index (κ1) is 52.1. The van der Waals surface area contributed by atoms with E-state index in [2.05, 4.69) is 131 Å². The van der Waals surface area contributed by atoms with Crippen LogP contribution in [0.1, 0.15) is 119 Å². The zero-order valence-electron chi connectivity index (χ0n) is 31.3. The van der Waals surface area contributed by atoms with Crippen molar-refractivity contribution >= 4 is 79.7 Å². The molecule has 0 saturated carbocycles. The maximum atomic E-state index is 12.1. The van der Waals surface area contributed by atoms with E-state index in [4.69, 9.17) is 9.47 Å². The van der Waals surface area contributed by atoms with Crippen molar-refractivity contribution in [2.45, 2.75) is 86.4 Å². The first-order valence-electron chi connectivity index (χ1n) is 17.3. The number of nitrogens with one attached hydrogen (secondary N) is 1. The van der Waals surface area contributed by atoms with Crippen LogP contribution in [0.25, 0.3) is 0 Å². The third kappa shape index (κ3) is 22.9. The molecule has 0 amide bonds. The lowest BCUT2D eigenvalue weighted by Gasteiger charge is -2.28. The molecule has 8 nitrogen and oxygen atoms in total. The van der Waals surface area contributed by atoms with Crippen molar-refractivity contribution < 1.29 is 19.1 Å². The number of rotatable bonds is 8. The molecule has 0 spiro atoms. The summed E-state index contributed by atoms with van der Waals surface area (Å²) >= 11 is 6.95. The fourth-order valence-corrected chi connectivity index (χ4v) is 4.88. The molecule has 0 bridgehead atoms. The molecular weight excluding hydrogens is 993 g/mol. The number of aromatic nitrogens is 2. The number of carbonyl (C=O) groups excluding carboxylic acids is 2. The Balaban J connectivity index is 0. The maximum absolute atomic E-state index is 12.1. The number of piperidine rings is 2. The molecule has 4 heterocycles. The van der Waals surface area contributed by atoms with E-state index in [0.29, 0.717) is 23.2 Å². The second kappa shape index (κ2) is 32.4. The number of hydrogen-bond donors (Lipinski definition) is 1. The second-order valence-corrected chi connectivity index (χ2v) is 21.9. The number of likely N-dealkylation sites (tertiary alicyclic amines) is 1. The number of carbonyl (C=O) groups is 2. The Morgan fingerprint density at radius 3 is 1.52 bits per heavy atom. The number of ether oxygens (including phenoxy) is 2. The van der Waals surface area contributed by atoms with E-state index >= 15 is 0 Å². The summed E-state index contributed by atoms with van der Waals surface area (Å²) in [5.41, 5.74) is 14.8. The van der Waals surface area contributed by atoms with Gasteiger partial charge in [-0.05, 0) is 110 Å². The summed E-state index contributed by atoms with van der Waals surface area (Å²) in [6.45, 7) is 23.0. The van der Waals surface area contributed by atoms with Crippen LogP contribution in [-0.4, -0.2) is 73.2 Å². The summed E-state index contributed by atoms with van der Waals surface area (Å²) in [6, 6.07) is 11.1. The van der Waals surface area contributed by atoms with E-state index in [1.165, 1.54) is 0 Å². The number of halogens is 3. The predicted octanol–water partition coefficient (Wildman–Crippen LogP) is 10.8. The average molecular weight is 1050 g/mol. The smallest absolute Gasteiger partial charge is 0.357 e. The first-order valence-corrected chi connectivity index (χ1v) is 21.1. The van der Waals surface area contributed by atoms with Crippen LogP contribution < -0.4 is 5.32 Å². The van der Waals surface area contributed by atoms with E-state index in [1.807, 2.05) is 65.8 Å². The van der Waals surface area contributed by atoms with Gasteiger partial charge in [0.15, 0.2) is 0 Å². The molecule has 2 aliphatic rings. The van der Waals surface area contributed by atoms with Crippen LogP contribution in [0, 0.1) is 0 Å². The van der Waals surface area contributed by atoms with Gasteiger partial charge in [0.25, 0.3) is 0 Å². The van der Waals surface area contributed by atoms with Gasteiger partial charge in [0.1, 0.15) is 24.5 Å². The highest BCUT2D eigenvalue weighted by Crippen LogP contribution is 2.26. The molecule has 288 valence electrons. The highest BCUT2D eigenvalue weighted by atomic mass is 127. The topological polar surface area (TPSA) is 93.6 Å². The first-order chi connectivity index (χ1) is 24.5. The Morgan fingerprint density at radius 2 is 1.15 bits per heavy atom. The molecule has 2 aromatic heterocycles. The van der Waals surface area contributed by atoms with Crippen molar-refractivity contribution in [2.75, 3.05) is 46.4 Å². The summed E-state index contributed by atoms with van der Waals surface area (Å²) in [7, 11) is 2.13. The SMILES string of the molecule is C.C=C=C=C(C)COC(=O)c1cccc(C2CCN(C)CC2)n1.C=C=C=C(C)COC(=O)c1cccc(C2CCNCC2)n1.CC.CC.IC(I)I. The Morgan fingerprint density at radius 1 is 0.788 bits per heavy atom. The Labute approximate surface area is 355 Å². The minimum absolute atomic E-state index is 0. The molecule has 2 aliphatic heterocycles. The fourth-order valence-electron chi connectivity index (χ4n) is 4.88. The molecular formula is C41H59I3N4O4. The summed E-state index contributed by atoms with van der Waals surface area (Å²) in [6.07, 6.45) is 4.26. The number of alkyl halides is 3. The molecule has 2 saturated heterocycles. The molecule has 2 fully saturated rings. The Kier molecular flexibility index (Phi) is 32.4. The maximum Gasteiger partial charge on any atom is 0.357 e. The molecule has 0 aromatic carbocycles. The lowest BCUT2D eigenvalue weighted by atomic mass is 9.93. The van der Waals surface area contributed by atoms with E-state index in [1.54, 1.807) is 12.1 Å². The molecule has 4 rings (SSSR count). The summed E-state index contributed by atoms with van der Waals surface area (Å²) in [5, 5.41) is 3.33. The molecule has 0 unspecified atom stereocenters. The van der Waals surface area contributed by atoms with E-state index in [-0.39, 0.29) is 20.6 Å². The van der Waals surface area contributed by atoms with Crippen molar-refractivity contribution in [2.24, 2.45) is 0 Å². The van der Waals surface area contributed by atoms with Crippen molar-refractivity contribution in [1.82, 2.24) is 20.2 Å². The van der Waals surface area contributed by atoms with Gasteiger partial charge in [0.2, 0.25) is 0 Å². The van der Waals surface area contributed by atoms with Crippen LogP contribution in [0.15, 0.2) is 83.6 Å². The second-order valence-electron chi connectivity index (χ2n) is 11.1. The van der Waals surface area contributed by atoms with Gasteiger partial charge in [0, 0.05) is 34.4 Å². The van der Waals surface area contributed by atoms with Crippen molar-refractivity contribution in [3.8, 4) is 0 Å². The monoisotopic (exact) mass is 1050 g/mol. The van der Waals surface area contributed by atoms with Gasteiger partial charge >= 0.3 is 11.9 Å². The molecule has 0 atom stereocenters. The standard InChI is InChI=1S/C18H22N2O2.C17H20N2O2.2C2H6.CHI3.CH4/c1-4-6-14(2)13-22-18(21)17-8-5-7-16(19-17)15-9-11-20(3)12-10-15;1-3-5-13(2)12-21-17(20)16-7-4-6-15(19-16)14-8-10-18-11-9-14;2*1-2;2-1(3)4;/h5,7-8,15H,1,9-13H2,2-3H3;4,6-7,14,18H,1,8-12H2,2H3;2*1-2H3;1H;1H4. The zero-order chi connectivity index (χ0) is 38.6. The number of esters is 2. The lowest BCUT2D eigenvalue weighted by molar-refractivity contribution is 0.0524. The molecule has 0 radical (unpaired) electrons. The van der Waals surface area contributed by atoms with E-state index in [0.717, 1.165) is 74.3 Å². The minimum atomic E-state index is -0.406. The lowest BCUT2D eigenvalue weighted by Crippen LogP contribution is -2.29. The zero-order valence-corrected chi connectivity index (χ0v) is 37.8. The molecule has 1 N–H and O–H groups in total. The molecule has 2 aromatic rings. The summed E-state index contributed by atoms with van der Waals surface area (Å²) in [5.74, 6) is 0.0367. The van der Waals surface area contributed by atoms with Gasteiger partial charge in [-0.25, -0.2) is 19.6 Å². The van der Waals surface area contributed by atoms with Crippen LogP contribution in [-0.2, 0) is 9.47 Å². The number of hydrogen-bond acceptors (Lipinski definition) is 8. The highest BCUT2D eigenvalue weighted by molar-refractivity contribution is 14.3. The minimum Gasteiger partial charge on any atom is -0.456 e.